The molecule has 1 N–H and O–H groups in total. The van der Waals surface area contributed by atoms with Gasteiger partial charge in [0.05, 0.1) is 30.7 Å². The van der Waals surface area contributed by atoms with E-state index < -0.39 is 11.9 Å². The summed E-state index contributed by atoms with van der Waals surface area (Å²) in [5, 5.41) is 13.9. The third kappa shape index (κ3) is 6.35. The fourth-order valence-electron chi connectivity index (χ4n) is 5.29. The minimum Gasteiger partial charge on any atom is -0.493 e. The van der Waals surface area contributed by atoms with E-state index in [1.54, 1.807) is 32.2 Å². The Hall–Kier alpha value is -4.42. The van der Waals surface area contributed by atoms with Crippen LogP contribution in [0.1, 0.15) is 62.0 Å². The molecule has 13 heteroatoms. The molecule has 2 aliphatic heterocycles. The highest BCUT2D eigenvalue weighted by atomic mass is 19.4. The van der Waals surface area contributed by atoms with Crippen LogP contribution >= 0.6 is 0 Å². The maximum absolute atomic E-state index is 13.4. The lowest BCUT2D eigenvalue weighted by Crippen LogP contribution is -2.37. The zero-order valence-electron chi connectivity index (χ0n) is 24.4. The molecule has 10 nitrogen and oxygen atoms in total. The molecule has 228 valence electrons. The first-order valence-corrected chi connectivity index (χ1v) is 14.1. The molecule has 3 aromatic rings. The second-order valence-electron chi connectivity index (χ2n) is 10.9. The number of aryl methyl sites for hydroxylation is 1. The molecular weight excluding hydrogens is 565 g/mol. The summed E-state index contributed by atoms with van der Waals surface area (Å²) in [6.07, 6.45) is -2.79. The van der Waals surface area contributed by atoms with Gasteiger partial charge in [-0.1, -0.05) is 13.8 Å². The van der Waals surface area contributed by atoms with Crippen molar-refractivity contribution in [3.63, 3.8) is 0 Å². The maximum Gasteiger partial charge on any atom is 0.435 e. The predicted molar refractivity (Wildman–Crippen MR) is 153 cm³/mol. The summed E-state index contributed by atoms with van der Waals surface area (Å²) in [6.45, 7) is 6.18. The highest BCUT2D eigenvalue weighted by Crippen LogP contribution is 2.32. The average Bonchev–Trinajstić information content (AvgIpc) is 3.42. The number of unbranched alkanes of at least 4 members (excludes halogenated alkanes) is 1. The Kier molecular flexibility index (Phi) is 8.43. The summed E-state index contributed by atoms with van der Waals surface area (Å²) < 4.78 is 52.9. The van der Waals surface area contributed by atoms with Crippen molar-refractivity contribution < 1.29 is 32.2 Å². The van der Waals surface area contributed by atoms with Gasteiger partial charge in [0.25, 0.3) is 0 Å². The summed E-state index contributed by atoms with van der Waals surface area (Å²) in [7, 11) is 1.55. The molecule has 2 unspecified atom stereocenters. The Labute approximate surface area is 246 Å². The predicted octanol–water partition coefficient (Wildman–Crippen LogP) is 4.96. The summed E-state index contributed by atoms with van der Waals surface area (Å²) in [5.74, 6) is 0.552. The number of rotatable bonds is 9. The Morgan fingerprint density at radius 2 is 1.77 bits per heavy atom. The SMILES string of the molecule is COc1cc(C2=NNC(=O)CC2C)ccc1OCCCCN1N=C(c2ccc(C)n3nc(C(F)(F)F)cc23)C(C)CC1=O. The number of amides is 2. The number of carbonyl (C=O) groups is 2. The highest BCUT2D eigenvalue weighted by molar-refractivity contribution is 6.10. The first kappa shape index (κ1) is 30.1. The third-order valence-corrected chi connectivity index (χ3v) is 7.58. The summed E-state index contributed by atoms with van der Waals surface area (Å²) >= 11 is 0. The van der Waals surface area contributed by atoms with E-state index in [9.17, 15) is 22.8 Å². The number of nitrogens with one attached hydrogen (secondary N) is 1. The number of halogens is 3. The molecule has 1 aromatic carbocycles. The number of alkyl halides is 3. The van der Waals surface area contributed by atoms with Crippen molar-refractivity contribution in [2.75, 3.05) is 20.3 Å². The van der Waals surface area contributed by atoms with Crippen LogP contribution in [0.2, 0.25) is 0 Å². The van der Waals surface area contributed by atoms with E-state index in [0.29, 0.717) is 66.4 Å². The molecule has 2 atom stereocenters. The number of hydrogen-bond donors (Lipinski definition) is 1. The first-order valence-electron chi connectivity index (χ1n) is 14.1. The van der Waals surface area contributed by atoms with Crippen molar-refractivity contribution >= 4 is 28.8 Å². The van der Waals surface area contributed by atoms with Gasteiger partial charge >= 0.3 is 6.18 Å². The Balaban J connectivity index is 1.23. The lowest BCUT2D eigenvalue weighted by atomic mass is 9.93. The fourth-order valence-corrected chi connectivity index (χ4v) is 5.29. The molecule has 5 rings (SSSR count). The Bertz CT molecular complexity index is 1610. The van der Waals surface area contributed by atoms with Gasteiger partial charge in [0.1, 0.15) is 0 Å². The molecule has 0 saturated carbocycles. The molecule has 2 amide bonds. The number of aromatic nitrogens is 2. The standard InChI is InChI=1S/C30H33F3N6O4/c1-17-13-26(40)34-35-28(17)20-8-10-23(24(15-20)42-4)43-12-6-5-11-38-27(41)14-18(2)29(37-38)21-9-7-19(3)39-22(21)16-25(36-39)30(31,32)33/h7-10,15-18H,5-6,11-14H2,1-4H3,(H,34,40). The monoisotopic (exact) mass is 598 g/mol. The molecule has 2 aliphatic rings. The zero-order chi connectivity index (χ0) is 30.9. The van der Waals surface area contributed by atoms with Gasteiger partial charge in [-0.3, -0.25) is 9.59 Å². The molecule has 43 heavy (non-hydrogen) atoms. The van der Waals surface area contributed by atoms with Crippen LogP contribution in [0, 0.1) is 18.8 Å². The molecule has 0 fully saturated rings. The zero-order valence-corrected chi connectivity index (χ0v) is 24.4. The fraction of sp³-hybridized carbons (Fsp3) is 0.433. The van der Waals surface area contributed by atoms with Gasteiger partial charge in [-0.15, -0.1) is 0 Å². The van der Waals surface area contributed by atoms with Crippen LogP contribution in [0.15, 0.2) is 46.6 Å². The number of fused-ring (bicyclic) bond motifs is 1. The van der Waals surface area contributed by atoms with Gasteiger partial charge < -0.3 is 9.47 Å². The van der Waals surface area contributed by atoms with Crippen molar-refractivity contribution in [3.8, 4) is 11.5 Å². The van der Waals surface area contributed by atoms with Crippen LogP contribution in [0.25, 0.3) is 5.52 Å². The molecule has 0 saturated heterocycles. The van der Waals surface area contributed by atoms with Crippen LogP contribution in [-0.2, 0) is 15.8 Å². The van der Waals surface area contributed by atoms with Gasteiger partial charge in [-0.05, 0) is 56.2 Å². The van der Waals surface area contributed by atoms with Crippen molar-refractivity contribution in [1.29, 1.82) is 0 Å². The lowest BCUT2D eigenvalue weighted by molar-refractivity contribution is -0.141. The van der Waals surface area contributed by atoms with Gasteiger partial charge in [0, 0.05) is 48.0 Å². The van der Waals surface area contributed by atoms with E-state index in [4.69, 9.17) is 9.47 Å². The van der Waals surface area contributed by atoms with E-state index in [-0.39, 0.29) is 30.1 Å². The molecule has 2 aromatic heterocycles. The largest absolute Gasteiger partial charge is 0.493 e. The number of carbonyl (C=O) groups excluding carboxylic acids is 2. The van der Waals surface area contributed by atoms with E-state index >= 15 is 0 Å². The van der Waals surface area contributed by atoms with Crippen molar-refractivity contribution in [2.45, 2.75) is 52.6 Å². The van der Waals surface area contributed by atoms with Gasteiger partial charge in [-0.25, -0.2) is 15.0 Å². The van der Waals surface area contributed by atoms with Gasteiger partial charge in [-0.2, -0.15) is 28.5 Å². The van der Waals surface area contributed by atoms with E-state index in [1.807, 2.05) is 26.0 Å². The number of nitrogens with zero attached hydrogens (tertiary/aromatic N) is 5. The van der Waals surface area contributed by atoms with Crippen molar-refractivity contribution in [1.82, 2.24) is 20.0 Å². The molecule has 0 bridgehead atoms. The van der Waals surface area contributed by atoms with Crippen LogP contribution in [0.4, 0.5) is 13.2 Å². The Morgan fingerprint density at radius 3 is 2.49 bits per heavy atom. The second kappa shape index (κ2) is 12.1. The number of benzene rings is 1. The number of methoxy groups -OCH3 is 1. The van der Waals surface area contributed by atoms with Crippen LogP contribution in [-0.4, -0.2) is 58.1 Å². The highest BCUT2D eigenvalue weighted by Gasteiger charge is 2.35. The normalized spacial score (nSPS) is 19.3. The number of hydrogen-bond acceptors (Lipinski definition) is 7. The Morgan fingerprint density at radius 1 is 1.00 bits per heavy atom. The summed E-state index contributed by atoms with van der Waals surface area (Å²) in [5.41, 5.74) is 5.08. The van der Waals surface area contributed by atoms with Crippen LogP contribution in [0.3, 0.4) is 0 Å². The maximum atomic E-state index is 13.4. The quantitative estimate of drug-likeness (QED) is 0.350. The van der Waals surface area contributed by atoms with Crippen molar-refractivity contribution in [2.24, 2.45) is 22.0 Å². The minimum absolute atomic E-state index is 0.0246. The van der Waals surface area contributed by atoms with E-state index in [0.717, 1.165) is 17.3 Å². The lowest BCUT2D eigenvalue weighted by Gasteiger charge is -2.28. The smallest absolute Gasteiger partial charge is 0.435 e. The number of hydrazone groups is 2. The summed E-state index contributed by atoms with van der Waals surface area (Å²) in [4.78, 5) is 24.4. The van der Waals surface area contributed by atoms with E-state index in [2.05, 4.69) is 20.7 Å². The number of ether oxygens (including phenoxy) is 2. The molecule has 0 radical (unpaired) electrons. The minimum atomic E-state index is -4.58. The average molecular weight is 599 g/mol. The van der Waals surface area contributed by atoms with Crippen LogP contribution < -0.4 is 14.9 Å². The first-order chi connectivity index (χ1) is 20.5. The molecule has 0 spiro atoms. The van der Waals surface area contributed by atoms with Crippen LogP contribution in [0.5, 0.6) is 11.5 Å². The van der Waals surface area contributed by atoms with E-state index in [1.165, 1.54) is 9.52 Å². The van der Waals surface area contributed by atoms with Gasteiger partial charge in [0.15, 0.2) is 17.2 Å². The van der Waals surface area contributed by atoms with Gasteiger partial charge in [0.2, 0.25) is 11.8 Å². The molecule has 0 aliphatic carbocycles. The molecule has 4 heterocycles. The topological polar surface area (TPSA) is 110 Å². The number of pyridine rings is 1. The second-order valence-corrected chi connectivity index (χ2v) is 10.9. The van der Waals surface area contributed by atoms with Crippen molar-refractivity contribution in [3.05, 3.63) is 58.9 Å². The summed E-state index contributed by atoms with van der Waals surface area (Å²) in [6, 6.07) is 9.96. The third-order valence-electron chi connectivity index (χ3n) is 7.58. The molecular formula is C30H33F3N6O4.